The molecule has 0 saturated carbocycles. The van der Waals surface area contributed by atoms with Gasteiger partial charge in [-0.05, 0) is 48.4 Å². The average Bonchev–Trinajstić information content (AvgIpc) is 3.14. The van der Waals surface area contributed by atoms with Crippen LogP contribution in [0.2, 0.25) is 5.02 Å². The van der Waals surface area contributed by atoms with Gasteiger partial charge in [0.1, 0.15) is 5.76 Å². The van der Waals surface area contributed by atoms with E-state index in [2.05, 4.69) is 0 Å². The molecule has 0 aromatic heterocycles. The van der Waals surface area contributed by atoms with Crippen molar-refractivity contribution in [3.8, 4) is 0 Å². The Morgan fingerprint density at radius 1 is 1.08 bits per heavy atom. The number of ether oxygens (including phenoxy) is 2. The molecule has 2 heterocycles. The molecule has 192 valence electrons. The number of hydrogen-bond donors (Lipinski definition) is 1. The second-order valence-electron chi connectivity index (χ2n) is 8.43. The van der Waals surface area contributed by atoms with Gasteiger partial charge in [0, 0.05) is 43.9 Å². The fourth-order valence-corrected chi connectivity index (χ4v) is 5.89. The lowest BCUT2D eigenvalue weighted by atomic mass is 9.95. The van der Waals surface area contributed by atoms with Crippen molar-refractivity contribution in [2.45, 2.75) is 17.4 Å². The molecule has 11 heteroatoms. The Balaban J connectivity index is 1.71. The van der Waals surface area contributed by atoms with Crippen LogP contribution in [0.5, 0.6) is 0 Å². The number of aliphatic hydroxyl groups excluding tert-OH is 1. The molecule has 2 aromatic carbocycles. The first-order valence-electron chi connectivity index (χ1n) is 11.5. The first-order valence-corrected chi connectivity index (χ1v) is 13.3. The number of sulfonamides is 1. The summed E-state index contributed by atoms with van der Waals surface area (Å²) < 4.78 is 37.5. The van der Waals surface area contributed by atoms with Gasteiger partial charge in [-0.3, -0.25) is 9.59 Å². The van der Waals surface area contributed by atoms with Crippen LogP contribution in [0.25, 0.3) is 5.76 Å². The Morgan fingerprint density at radius 3 is 2.33 bits per heavy atom. The Hall–Kier alpha value is -2.76. The molecule has 0 aliphatic carbocycles. The lowest BCUT2D eigenvalue weighted by Crippen LogP contribution is -2.40. The minimum atomic E-state index is -3.72. The van der Waals surface area contributed by atoms with Gasteiger partial charge in [-0.2, -0.15) is 4.31 Å². The van der Waals surface area contributed by atoms with Crippen LogP contribution in [-0.4, -0.2) is 81.0 Å². The summed E-state index contributed by atoms with van der Waals surface area (Å²) in [4.78, 5) is 27.5. The number of Topliss-reactive ketones (excluding diaryl/α,β-unsaturated/α-hetero) is 1. The highest BCUT2D eigenvalue weighted by Crippen LogP contribution is 2.39. The van der Waals surface area contributed by atoms with E-state index in [0.717, 1.165) is 0 Å². The summed E-state index contributed by atoms with van der Waals surface area (Å²) in [7, 11) is -2.17. The normalized spacial score (nSPS) is 20.7. The molecule has 2 aliphatic rings. The molecule has 4 rings (SSSR count). The molecule has 0 unspecified atom stereocenters. The maximum Gasteiger partial charge on any atom is 0.295 e. The van der Waals surface area contributed by atoms with Crippen molar-refractivity contribution in [2.75, 3.05) is 46.6 Å². The molecule has 0 bridgehead atoms. The summed E-state index contributed by atoms with van der Waals surface area (Å²) in [6.07, 6.45) is 0.502. The molecule has 1 amide bonds. The first kappa shape index (κ1) is 26.3. The molecule has 9 nitrogen and oxygen atoms in total. The van der Waals surface area contributed by atoms with Crippen LogP contribution < -0.4 is 0 Å². The van der Waals surface area contributed by atoms with Gasteiger partial charge < -0.3 is 19.5 Å². The first-order chi connectivity index (χ1) is 17.3. The third-order valence-electron chi connectivity index (χ3n) is 6.21. The Bertz CT molecular complexity index is 1250. The number of ketones is 1. The smallest absolute Gasteiger partial charge is 0.295 e. The standard InChI is InChI=1S/C25H27ClN2O7S/c1-34-14-2-11-28-22(17-3-7-19(26)8-4-17)21(24(30)25(28)31)23(29)18-5-9-20(10-6-18)36(32,33)27-12-15-35-16-13-27/h3-10,22,29H,2,11-16H2,1H3/b23-21+/t22-/m0/s1. The largest absolute Gasteiger partial charge is 0.507 e. The minimum Gasteiger partial charge on any atom is -0.507 e. The number of methoxy groups -OCH3 is 1. The van der Waals surface area contributed by atoms with Gasteiger partial charge in [0.25, 0.3) is 11.7 Å². The number of benzene rings is 2. The number of carbonyl (C=O) groups excluding carboxylic acids is 2. The topological polar surface area (TPSA) is 113 Å². The second-order valence-corrected chi connectivity index (χ2v) is 10.8. The second kappa shape index (κ2) is 11.1. The Labute approximate surface area is 214 Å². The highest BCUT2D eigenvalue weighted by molar-refractivity contribution is 7.89. The molecular weight excluding hydrogens is 508 g/mol. The van der Waals surface area contributed by atoms with Crippen molar-refractivity contribution in [1.82, 2.24) is 9.21 Å². The summed E-state index contributed by atoms with van der Waals surface area (Å²) in [5.41, 5.74) is 0.775. The summed E-state index contributed by atoms with van der Waals surface area (Å²) >= 11 is 6.03. The van der Waals surface area contributed by atoms with Crippen molar-refractivity contribution in [1.29, 1.82) is 0 Å². The number of nitrogens with zero attached hydrogens (tertiary/aromatic N) is 2. The van der Waals surface area contributed by atoms with Gasteiger partial charge in [-0.15, -0.1) is 0 Å². The molecule has 2 fully saturated rings. The van der Waals surface area contributed by atoms with Gasteiger partial charge in [0.05, 0.1) is 29.7 Å². The number of aliphatic hydroxyl groups is 1. The summed E-state index contributed by atoms with van der Waals surface area (Å²) in [6.45, 7) is 1.82. The maximum absolute atomic E-state index is 13.1. The van der Waals surface area contributed by atoms with Crippen LogP contribution in [0.3, 0.4) is 0 Å². The van der Waals surface area contributed by atoms with Crippen molar-refractivity contribution in [2.24, 2.45) is 0 Å². The zero-order chi connectivity index (χ0) is 25.9. The number of amides is 1. The predicted molar refractivity (Wildman–Crippen MR) is 133 cm³/mol. The number of hydrogen-bond acceptors (Lipinski definition) is 7. The summed E-state index contributed by atoms with van der Waals surface area (Å²) in [6, 6.07) is 11.5. The van der Waals surface area contributed by atoms with Gasteiger partial charge >= 0.3 is 0 Å². The number of carbonyl (C=O) groups is 2. The molecule has 1 N–H and O–H groups in total. The summed E-state index contributed by atoms with van der Waals surface area (Å²) in [5.74, 6) is -1.91. The van der Waals surface area contributed by atoms with E-state index in [4.69, 9.17) is 21.1 Å². The molecule has 2 aliphatic heterocycles. The van der Waals surface area contributed by atoms with Crippen LogP contribution in [0.15, 0.2) is 59.0 Å². The van der Waals surface area contributed by atoms with Crippen molar-refractivity contribution >= 4 is 39.1 Å². The van der Waals surface area contributed by atoms with E-state index < -0.39 is 27.8 Å². The quantitative estimate of drug-likeness (QED) is 0.240. The van der Waals surface area contributed by atoms with Crippen molar-refractivity contribution in [3.63, 3.8) is 0 Å². The Morgan fingerprint density at radius 2 is 1.72 bits per heavy atom. The SMILES string of the molecule is COCCCN1C(=O)C(=O)/C(=C(/O)c2ccc(S(=O)(=O)N3CCOCC3)cc2)[C@@H]1c1ccc(Cl)cc1. The molecule has 0 radical (unpaired) electrons. The van der Waals surface area contributed by atoms with Crippen LogP contribution in [0.4, 0.5) is 0 Å². The van der Waals surface area contributed by atoms with E-state index in [0.29, 0.717) is 36.8 Å². The summed E-state index contributed by atoms with van der Waals surface area (Å²) in [5, 5.41) is 11.7. The number of morpholine rings is 1. The van der Waals surface area contributed by atoms with Gasteiger partial charge in [-0.1, -0.05) is 23.7 Å². The molecule has 2 saturated heterocycles. The number of halogens is 1. The molecule has 0 spiro atoms. The van der Waals surface area contributed by atoms with E-state index >= 15 is 0 Å². The average molecular weight is 535 g/mol. The number of likely N-dealkylation sites (tertiary alicyclic amines) is 1. The van der Waals surface area contributed by atoms with E-state index in [1.807, 2.05) is 0 Å². The number of rotatable bonds is 8. The lowest BCUT2D eigenvalue weighted by molar-refractivity contribution is -0.140. The molecular formula is C25H27ClN2O7S. The zero-order valence-electron chi connectivity index (χ0n) is 19.7. The van der Waals surface area contributed by atoms with Gasteiger partial charge in [0.2, 0.25) is 10.0 Å². The van der Waals surface area contributed by atoms with Gasteiger partial charge in [0.15, 0.2) is 0 Å². The fraction of sp³-hybridized carbons (Fsp3) is 0.360. The molecule has 36 heavy (non-hydrogen) atoms. The minimum absolute atomic E-state index is 0.0650. The van der Waals surface area contributed by atoms with E-state index in [9.17, 15) is 23.1 Å². The van der Waals surface area contributed by atoms with Gasteiger partial charge in [-0.25, -0.2) is 8.42 Å². The van der Waals surface area contributed by atoms with Crippen molar-refractivity contribution < 1.29 is 32.6 Å². The van der Waals surface area contributed by atoms with Crippen LogP contribution in [0.1, 0.15) is 23.6 Å². The monoisotopic (exact) mass is 534 g/mol. The van der Waals surface area contributed by atoms with Crippen LogP contribution >= 0.6 is 11.6 Å². The van der Waals surface area contributed by atoms with E-state index in [-0.39, 0.29) is 41.4 Å². The highest BCUT2D eigenvalue weighted by Gasteiger charge is 2.45. The fourth-order valence-electron chi connectivity index (χ4n) is 4.36. The van der Waals surface area contributed by atoms with E-state index in [1.54, 1.807) is 31.4 Å². The maximum atomic E-state index is 13.1. The van der Waals surface area contributed by atoms with Crippen LogP contribution in [-0.2, 0) is 29.1 Å². The zero-order valence-corrected chi connectivity index (χ0v) is 21.3. The van der Waals surface area contributed by atoms with Crippen LogP contribution in [0, 0.1) is 0 Å². The predicted octanol–water partition coefficient (Wildman–Crippen LogP) is 2.82. The molecule has 2 aromatic rings. The van der Waals surface area contributed by atoms with Crippen molar-refractivity contribution in [3.05, 3.63) is 70.3 Å². The Kier molecular flexibility index (Phi) is 8.11. The lowest BCUT2D eigenvalue weighted by Gasteiger charge is -2.26. The third-order valence-corrected chi connectivity index (χ3v) is 8.37. The van der Waals surface area contributed by atoms with E-state index in [1.165, 1.54) is 33.5 Å². The highest BCUT2D eigenvalue weighted by atomic mass is 35.5. The third kappa shape index (κ3) is 5.18. The molecule has 1 atom stereocenters.